The Bertz CT molecular complexity index is 733. The molecule has 3 rings (SSSR count). The van der Waals surface area contributed by atoms with Gasteiger partial charge in [-0.25, -0.2) is 8.78 Å². The lowest BCUT2D eigenvalue weighted by Gasteiger charge is -2.34. The molecule has 1 saturated heterocycles. The van der Waals surface area contributed by atoms with Crippen LogP contribution < -0.4 is 0 Å². The van der Waals surface area contributed by atoms with Gasteiger partial charge < -0.3 is 4.90 Å². The van der Waals surface area contributed by atoms with E-state index in [0.717, 1.165) is 43.4 Å². The van der Waals surface area contributed by atoms with Crippen LogP contribution in [0.4, 0.5) is 8.78 Å². The van der Waals surface area contributed by atoms with E-state index in [2.05, 4.69) is 17.1 Å². The molecule has 1 heterocycles. The highest BCUT2D eigenvalue weighted by Gasteiger charge is 2.22. The molecule has 0 radical (unpaired) electrons. The summed E-state index contributed by atoms with van der Waals surface area (Å²) in [5.41, 5.74) is 1.22. The molecule has 0 bridgehead atoms. The minimum Gasteiger partial charge on any atom is -0.336 e. The Balaban J connectivity index is 1.51. The molecule has 2 aromatic carbocycles. The minimum absolute atomic E-state index is 0.0647. The van der Waals surface area contributed by atoms with E-state index in [1.54, 1.807) is 4.90 Å². The summed E-state index contributed by atoms with van der Waals surface area (Å²) in [5, 5.41) is 0. The third kappa shape index (κ3) is 4.73. The predicted octanol–water partition coefficient (Wildman–Crippen LogP) is 3.44. The summed E-state index contributed by atoms with van der Waals surface area (Å²) in [6.45, 7) is 3.39. The molecular formula is C20H20F2N2O. The maximum atomic E-state index is 13.3. The van der Waals surface area contributed by atoms with Crippen molar-refractivity contribution >= 4 is 12.0 Å². The van der Waals surface area contributed by atoms with Crippen molar-refractivity contribution in [3.05, 3.63) is 77.4 Å². The van der Waals surface area contributed by atoms with E-state index in [4.69, 9.17) is 0 Å². The number of hydrogen-bond donors (Lipinski definition) is 0. The van der Waals surface area contributed by atoms with E-state index in [-0.39, 0.29) is 11.5 Å². The van der Waals surface area contributed by atoms with Gasteiger partial charge in [-0.05, 0) is 17.7 Å². The monoisotopic (exact) mass is 342 g/mol. The molecule has 1 aliphatic rings. The molecule has 3 nitrogen and oxygen atoms in total. The summed E-state index contributed by atoms with van der Waals surface area (Å²) in [7, 11) is 0. The summed E-state index contributed by atoms with van der Waals surface area (Å²) in [6.07, 6.45) is 4.18. The van der Waals surface area contributed by atoms with Crippen molar-refractivity contribution in [3.8, 4) is 0 Å². The second kappa shape index (κ2) is 8.03. The number of benzene rings is 2. The van der Waals surface area contributed by atoms with Crippen molar-refractivity contribution in [2.24, 2.45) is 0 Å². The summed E-state index contributed by atoms with van der Waals surface area (Å²) >= 11 is 0. The van der Waals surface area contributed by atoms with Crippen LogP contribution in [0.2, 0.25) is 0 Å². The molecule has 130 valence electrons. The van der Waals surface area contributed by atoms with Crippen molar-refractivity contribution in [2.45, 2.75) is 0 Å². The molecule has 1 aliphatic heterocycles. The van der Waals surface area contributed by atoms with Crippen LogP contribution in [0.15, 0.2) is 54.6 Å². The number of rotatable bonds is 4. The van der Waals surface area contributed by atoms with Crippen LogP contribution in [0.1, 0.15) is 15.9 Å². The quantitative estimate of drug-likeness (QED) is 0.850. The standard InChI is InChI=1S/C20H20F2N2O/c21-18-13-17(14-19(22)15-18)20(25)24-11-9-23(10-12-24)8-4-7-16-5-2-1-3-6-16/h1-7,13-15H,8-12H2. The Labute approximate surface area is 146 Å². The highest BCUT2D eigenvalue weighted by Crippen LogP contribution is 2.13. The molecule has 0 spiro atoms. The van der Waals surface area contributed by atoms with Crippen LogP contribution in [0, 0.1) is 11.6 Å². The average Bonchev–Trinajstić information content (AvgIpc) is 2.62. The van der Waals surface area contributed by atoms with E-state index in [9.17, 15) is 13.6 Å². The van der Waals surface area contributed by atoms with Crippen LogP contribution in [-0.2, 0) is 0 Å². The summed E-state index contributed by atoms with van der Waals surface area (Å²) in [6, 6.07) is 13.0. The molecule has 5 heteroatoms. The van der Waals surface area contributed by atoms with E-state index >= 15 is 0 Å². The number of amides is 1. The van der Waals surface area contributed by atoms with Gasteiger partial charge in [-0.15, -0.1) is 0 Å². The minimum atomic E-state index is -0.729. The molecule has 0 saturated carbocycles. The smallest absolute Gasteiger partial charge is 0.254 e. The highest BCUT2D eigenvalue weighted by molar-refractivity contribution is 5.94. The van der Waals surface area contributed by atoms with E-state index < -0.39 is 11.6 Å². The second-order valence-electron chi connectivity index (χ2n) is 6.06. The van der Waals surface area contributed by atoms with Gasteiger partial charge in [-0.3, -0.25) is 9.69 Å². The Morgan fingerprint density at radius 2 is 1.60 bits per heavy atom. The number of piperazine rings is 1. The average molecular weight is 342 g/mol. The van der Waals surface area contributed by atoms with Crippen molar-refractivity contribution in [1.29, 1.82) is 0 Å². The molecule has 0 aromatic heterocycles. The van der Waals surface area contributed by atoms with Crippen LogP contribution in [0.5, 0.6) is 0 Å². The zero-order valence-corrected chi connectivity index (χ0v) is 13.9. The van der Waals surface area contributed by atoms with Gasteiger partial charge in [0.05, 0.1) is 0 Å². The Kier molecular flexibility index (Phi) is 5.56. The Morgan fingerprint density at radius 1 is 0.960 bits per heavy atom. The molecular weight excluding hydrogens is 322 g/mol. The van der Waals surface area contributed by atoms with Gasteiger partial charge in [-0.1, -0.05) is 42.5 Å². The van der Waals surface area contributed by atoms with Crippen molar-refractivity contribution in [3.63, 3.8) is 0 Å². The summed E-state index contributed by atoms with van der Waals surface area (Å²) in [4.78, 5) is 16.3. The number of halogens is 2. The molecule has 0 N–H and O–H groups in total. The molecule has 25 heavy (non-hydrogen) atoms. The topological polar surface area (TPSA) is 23.6 Å². The number of hydrogen-bond acceptors (Lipinski definition) is 2. The van der Waals surface area contributed by atoms with Gasteiger partial charge >= 0.3 is 0 Å². The fraction of sp³-hybridized carbons (Fsp3) is 0.250. The lowest BCUT2D eigenvalue weighted by molar-refractivity contribution is 0.0649. The van der Waals surface area contributed by atoms with Gasteiger partial charge in [-0.2, -0.15) is 0 Å². The first kappa shape index (κ1) is 17.3. The summed E-state index contributed by atoms with van der Waals surface area (Å²) in [5.74, 6) is -1.78. The van der Waals surface area contributed by atoms with E-state index in [0.29, 0.717) is 13.1 Å². The van der Waals surface area contributed by atoms with Crippen LogP contribution in [-0.4, -0.2) is 48.4 Å². The van der Waals surface area contributed by atoms with Crippen LogP contribution in [0.3, 0.4) is 0 Å². The maximum Gasteiger partial charge on any atom is 0.254 e. The second-order valence-corrected chi connectivity index (χ2v) is 6.06. The lowest BCUT2D eigenvalue weighted by Crippen LogP contribution is -2.48. The number of carbonyl (C=O) groups is 1. The SMILES string of the molecule is O=C(c1cc(F)cc(F)c1)N1CCN(CC=Cc2ccccc2)CC1. The zero-order chi connectivity index (χ0) is 17.6. The third-order valence-corrected chi connectivity index (χ3v) is 4.24. The molecule has 0 aliphatic carbocycles. The van der Waals surface area contributed by atoms with Crippen molar-refractivity contribution < 1.29 is 13.6 Å². The first-order valence-corrected chi connectivity index (χ1v) is 8.31. The fourth-order valence-electron chi connectivity index (χ4n) is 2.90. The lowest BCUT2D eigenvalue weighted by atomic mass is 10.1. The first-order chi connectivity index (χ1) is 12.1. The van der Waals surface area contributed by atoms with Gasteiger partial charge in [0.15, 0.2) is 0 Å². The third-order valence-electron chi connectivity index (χ3n) is 4.24. The van der Waals surface area contributed by atoms with E-state index in [1.165, 1.54) is 0 Å². The van der Waals surface area contributed by atoms with Gasteiger partial charge in [0.2, 0.25) is 0 Å². The molecule has 0 unspecified atom stereocenters. The largest absolute Gasteiger partial charge is 0.336 e. The molecule has 1 fully saturated rings. The maximum absolute atomic E-state index is 13.3. The number of carbonyl (C=O) groups excluding carboxylic acids is 1. The van der Waals surface area contributed by atoms with Gasteiger partial charge in [0.25, 0.3) is 5.91 Å². The number of nitrogens with zero attached hydrogens (tertiary/aromatic N) is 2. The van der Waals surface area contributed by atoms with Crippen molar-refractivity contribution in [1.82, 2.24) is 9.80 Å². The fourth-order valence-corrected chi connectivity index (χ4v) is 2.90. The van der Waals surface area contributed by atoms with E-state index in [1.807, 2.05) is 30.3 Å². The Morgan fingerprint density at radius 3 is 2.24 bits per heavy atom. The zero-order valence-electron chi connectivity index (χ0n) is 13.9. The van der Waals surface area contributed by atoms with Gasteiger partial charge in [0.1, 0.15) is 11.6 Å². The molecule has 0 atom stereocenters. The normalized spacial score (nSPS) is 15.7. The Hall–Kier alpha value is -2.53. The summed E-state index contributed by atoms with van der Waals surface area (Å²) < 4.78 is 26.5. The molecule has 2 aromatic rings. The molecule has 1 amide bonds. The van der Waals surface area contributed by atoms with Gasteiger partial charge in [0, 0.05) is 44.4 Å². The highest BCUT2D eigenvalue weighted by atomic mass is 19.1. The first-order valence-electron chi connectivity index (χ1n) is 8.31. The predicted molar refractivity (Wildman–Crippen MR) is 94.2 cm³/mol. The van der Waals surface area contributed by atoms with Crippen LogP contribution >= 0.6 is 0 Å². The van der Waals surface area contributed by atoms with Crippen molar-refractivity contribution in [2.75, 3.05) is 32.7 Å². The van der Waals surface area contributed by atoms with Crippen LogP contribution in [0.25, 0.3) is 6.08 Å².